The number of hydrogen-bond donors (Lipinski definition) is 1. The van der Waals surface area contributed by atoms with Crippen molar-refractivity contribution in [2.75, 3.05) is 12.4 Å². The maximum atomic E-state index is 13.7. The maximum absolute atomic E-state index is 13.7. The Morgan fingerprint density at radius 3 is 2.70 bits per heavy atom. The maximum Gasteiger partial charge on any atom is 0.231 e. The Kier molecular flexibility index (Phi) is 5.81. The quantitative estimate of drug-likeness (QED) is 0.650. The standard InChI is InChI=1S/C23H23N3O3S/c1-15-20(30-14-24-15)13-26(12-16-7-4-3-5-8-16)23(28)18-11-21(27)25-22-17(18)9-6-10-19(22)29-2/h3-10,14,18H,11-13H2,1-2H3,(H,25,27). The third kappa shape index (κ3) is 4.07. The first-order valence-electron chi connectivity index (χ1n) is 9.75. The number of nitrogens with zero attached hydrogens (tertiary/aromatic N) is 2. The van der Waals surface area contributed by atoms with Gasteiger partial charge in [0.25, 0.3) is 0 Å². The molecule has 2 amide bonds. The van der Waals surface area contributed by atoms with E-state index in [1.807, 2.05) is 54.3 Å². The van der Waals surface area contributed by atoms with Crippen molar-refractivity contribution in [2.24, 2.45) is 0 Å². The SMILES string of the molecule is COc1cccc2c1NC(=O)CC2C(=O)N(Cc1ccccc1)Cc1scnc1C. The number of benzene rings is 2. The van der Waals surface area contributed by atoms with Gasteiger partial charge >= 0.3 is 0 Å². The van der Waals surface area contributed by atoms with Crippen LogP contribution < -0.4 is 10.1 Å². The van der Waals surface area contributed by atoms with Crippen molar-refractivity contribution in [2.45, 2.75) is 32.4 Å². The van der Waals surface area contributed by atoms with Gasteiger partial charge in [-0.25, -0.2) is 4.98 Å². The van der Waals surface area contributed by atoms with Crippen LogP contribution in [-0.2, 0) is 22.7 Å². The zero-order valence-electron chi connectivity index (χ0n) is 16.9. The van der Waals surface area contributed by atoms with Crippen LogP contribution in [0.4, 0.5) is 5.69 Å². The summed E-state index contributed by atoms with van der Waals surface area (Å²) in [5.41, 5.74) is 5.14. The largest absolute Gasteiger partial charge is 0.495 e. The fourth-order valence-electron chi connectivity index (χ4n) is 3.74. The lowest BCUT2D eigenvalue weighted by Crippen LogP contribution is -2.38. The van der Waals surface area contributed by atoms with Crippen LogP contribution in [0.3, 0.4) is 0 Å². The van der Waals surface area contributed by atoms with Gasteiger partial charge in [-0.1, -0.05) is 42.5 Å². The molecule has 1 aliphatic heterocycles. The molecule has 2 aromatic carbocycles. The van der Waals surface area contributed by atoms with Crippen LogP contribution in [0.25, 0.3) is 0 Å². The summed E-state index contributed by atoms with van der Waals surface area (Å²) >= 11 is 1.54. The minimum atomic E-state index is -0.555. The number of carbonyl (C=O) groups is 2. The van der Waals surface area contributed by atoms with Crippen molar-refractivity contribution in [3.8, 4) is 5.75 Å². The van der Waals surface area contributed by atoms with Crippen LogP contribution in [0.1, 0.15) is 34.0 Å². The van der Waals surface area contributed by atoms with Gasteiger partial charge in [0.2, 0.25) is 11.8 Å². The topological polar surface area (TPSA) is 71.5 Å². The molecule has 0 spiro atoms. The Morgan fingerprint density at radius 2 is 2.00 bits per heavy atom. The molecule has 1 atom stereocenters. The van der Waals surface area contributed by atoms with Gasteiger partial charge in [0.15, 0.2) is 0 Å². The van der Waals surface area contributed by atoms with E-state index in [1.165, 1.54) is 0 Å². The monoisotopic (exact) mass is 421 g/mol. The number of fused-ring (bicyclic) bond motifs is 1. The predicted octanol–water partition coefficient (Wildman–Crippen LogP) is 4.11. The van der Waals surface area contributed by atoms with E-state index < -0.39 is 5.92 Å². The number of aromatic nitrogens is 1. The number of carbonyl (C=O) groups excluding carboxylic acids is 2. The van der Waals surface area contributed by atoms with Gasteiger partial charge < -0.3 is 15.0 Å². The van der Waals surface area contributed by atoms with E-state index in [2.05, 4.69) is 10.3 Å². The first kappa shape index (κ1) is 20.1. The molecule has 2 heterocycles. The van der Waals surface area contributed by atoms with Crippen LogP contribution in [0, 0.1) is 6.92 Å². The highest BCUT2D eigenvalue weighted by atomic mass is 32.1. The molecule has 4 rings (SSSR count). The molecule has 0 saturated carbocycles. The average Bonchev–Trinajstić information content (AvgIpc) is 3.17. The molecular weight excluding hydrogens is 398 g/mol. The van der Waals surface area contributed by atoms with Gasteiger partial charge in [0, 0.05) is 17.8 Å². The molecule has 3 aromatic rings. The second-order valence-electron chi connectivity index (χ2n) is 7.27. The number of para-hydroxylation sites is 1. The number of hydrogen-bond acceptors (Lipinski definition) is 5. The van der Waals surface area contributed by atoms with Gasteiger partial charge in [-0.15, -0.1) is 11.3 Å². The van der Waals surface area contributed by atoms with E-state index >= 15 is 0 Å². The zero-order valence-corrected chi connectivity index (χ0v) is 17.7. The minimum absolute atomic E-state index is 0.0731. The lowest BCUT2D eigenvalue weighted by molar-refractivity contribution is -0.136. The Hall–Kier alpha value is -3.19. The molecule has 0 fully saturated rings. The van der Waals surface area contributed by atoms with Gasteiger partial charge in [0.1, 0.15) is 5.75 Å². The van der Waals surface area contributed by atoms with Crippen molar-refractivity contribution in [3.05, 3.63) is 75.7 Å². The fraction of sp³-hybridized carbons (Fsp3) is 0.261. The molecule has 7 heteroatoms. The summed E-state index contributed by atoms with van der Waals surface area (Å²) in [6.45, 7) is 2.88. The molecule has 1 aliphatic rings. The lowest BCUT2D eigenvalue weighted by atomic mass is 9.88. The molecule has 1 unspecified atom stereocenters. The summed E-state index contributed by atoms with van der Waals surface area (Å²) < 4.78 is 5.40. The lowest BCUT2D eigenvalue weighted by Gasteiger charge is -2.31. The molecule has 0 bridgehead atoms. The van der Waals surface area contributed by atoms with Gasteiger partial charge in [0.05, 0.1) is 36.5 Å². The molecule has 0 aliphatic carbocycles. The molecule has 1 aromatic heterocycles. The summed E-state index contributed by atoms with van der Waals surface area (Å²) in [5, 5.41) is 2.86. The smallest absolute Gasteiger partial charge is 0.231 e. The molecule has 154 valence electrons. The van der Waals surface area contributed by atoms with Crippen LogP contribution in [0.2, 0.25) is 0 Å². The van der Waals surface area contributed by atoms with E-state index in [-0.39, 0.29) is 18.2 Å². The minimum Gasteiger partial charge on any atom is -0.495 e. The van der Waals surface area contributed by atoms with Crippen LogP contribution in [-0.4, -0.2) is 28.8 Å². The number of aryl methyl sites for hydroxylation is 1. The van der Waals surface area contributed by atoms with E-state index in [1.54, 1.807) is 30.0 Å². The first-order chi connectivity index (χ1) is 14.6. The Bertz CT molecular complexity index is 1060. The van der Waals surface area contributed by atoms with Crippen molar-refractivity contribution < 1.29 is 14.3 Å². The second-order valence-corrected chi connectivity index (χ2v) is 8.21. The highest BCUT2D eigenvalue weighted by Gasteiger charge is 2.35. The Balaban J connectivity index is 1.69. The Labute approximate surface area is 179 Å². The van der Waals surface area contributed by atoms with Crippen LogP contribution >= 0.6 is 11.3 Å². The molecule has 30 heavy (non-hydrogen) atoms. The number of thiazole rings is 1. The van der Waals surface area contributed by atoms with Crippen LogP contribution in [0.5, 0.6) is 5.75 Å². The second kappa shape index (κ2) is 8.67. The highest BCUT2D eigenvalue weighted by Crippen LogP contribution is 2.39. The Morgan fingerprint density at radius 1 is 1.20 bits per heavy atom. The summed E-state index contributed by atoms with van der Waals surface area (Å²) in [4.78, 5) is 33.3. The number of amides is 2. The van der Waals surface area contributed by atoms with E-state index in [0.717, 1.165) is 21.7 Å². The highest BCUT2D eigenvalue weighted by molar-refractivity contribution is 7.09. The number of methoxy groups -OCH3 is 1. The zero-order chi connectivity index (χ0) is 21.1. The van der Waals surface area contributed by atoms with Gasteiger partial charge in [-0.05, 0) is 24.1 Å². The van der Waals surface area contributed by atoms with Crippen molar-refractivity contribution in [1.82, 2.24) is 9.88 Å². The summed E-state index contributed by atoms with van der Waals surface area (Å²) in [5.74, 6) is -0.248. The first-order valence-corrected chi connectivity index (χ1v) is 10.6. The normalized spacial score (nSPS) is 15.3. The number of ether oxygens (including phenoxy) is 1. The predicted molar refractivity (Wildman–Crippen MR) is 117 cm³/mol. The van der Waals surface area contributed by atoms with E-state index in [0.29, 0.717) is 24.5 Å². The summed E-state index contributed by atoms with van der Waals surface area (Å²) in [6, 6.07) is 15.4. The number of anilines is 1. The van der Waals surface area contributed by atoms with E-state index in [9.17, 15) is 9.59 Å². The van der Waals surface area contributed by atoms with Crippen molar-refractivity contribution in [3.63, 3.8) is 0 Å². The van der Waals surface area contributed by atoms with Gasteiger partial charge in [-0.2, -0.15) is 0 Å². The molecule has 1 N–H and O–H groups in total. The number of nitrogens with one attached hydrogen (secondary N) is 1. The molecule has 0 radical (unpaired) electrons. The fourth-order valence-corrected chi connectivity index (χ4v) is 4.53. The summed E-state index contributed by atoms with van der Waals surface area (Å²) in [6.07, 6.45) is 0.117. The molecule has 0 saturated heterocycles. The third-order valence-corrected chi connectivity index (χ3v) is 6.23. The average molecular weight is 422 g/mol. The molecule has 6 nitrogen and oxygen atoms in total. The van der Waals surface area contributed by atoms with Crippen LogP contribution in [0.15, 0.2) is 54.0 Å². The third-order valence-electron chi connectivity index (χ3n) is 5.31. The van der Waals surface area contributed by atoms with E-state index in [4.69, 9.17) is 4.74 Å². The van der Waals surface area contributed by atoms with Crippen molar-refractivity contribution >= 4 is 28.8 Å². The number of rotatable bonds is 6. The van der Waals surface area contributed by atoms with Gasteiger partial charge in [-0.3, -0.25) is 9.59 Å². The van der Waals surface area contributed by atoms with Crippen molar-refractivity contribution in [1.29, 1.82) is 0 Å². The summed E-state index contributed by atoms with van der Waals surface area (Å²) in [7, 11) is 1.56. The molecular formula is C23H23N3O3S.